The summed E-state index contributed by atoms with van der Waals surface area (Å²) in [6, 6.07) is 0. The predicted molar refractivity (Wildman–Crippen MR) is 40.7 cm³/mol. The molecule has 0 aliphatic rings. The zero-order chi connectivity index (χ0) is 7.56. The lowest BCUT2D eigenvalue weighted by atomic mass is 10.1. The summed E-state index contributed by atoms with van der Waals surface area (Å²) >= 11 is 0. The highest BCUT2D eigenvalue weighted by molar-refractivity contribution is 4.85. The highest BCUT2D eigenvalue weighted by Gasteiger charge is 2.13. The van der Waals surface area contributed by atoms with Crippen LogP contribution < -0.4 is 4.57 Å². The van der Waals surface area contributed by atoms with Crippen molar-refractivity contribution >= 4 is 0 Å². The summed E-state index contributed by atoms with van der Waals surface area (Å²) in [7, 11) is 2.07. The molecule has 0 saturated heterocycles. The molecule has 2 heteroatoms. The van der Waals surface area contributed by atoms with Gasteiger partial charge >= 0.3 is 0 Å². The number of aromatic amines is 1. The molecule has 0 saturated carbocycles. The van der Waals surface area contributed by atoms with E-state index in [9.17, 15) is 0 Å². The van der Waals surface area contributed by atoms with Gasteiger partial charge in [0.2, 0.25) is 0 Å². The molecule has 1 atom stereocenters. The van der Waals surface area contributed by atoms with Gasteiger partial charge in [0.15, 0.2) is 0 Å². The minimum absolute atomic E-state index is 0.639. The largest absolute Gasteiger partial charge is 0.256 e. The number of aryl methyl sites for hydroxylation is 1. The topological polar surface area (TPSA) is 19.7 Å². The first kappa shape index (κ1) is 7.32. The monoisotopic (exact) mass is 139 g/mol. The summed E-state index contributed by atoms with van der Waals surface area (Å²) in [6.45, 7) is 4.43. The van der Waals surface area contributed by atoms with Crippen molar-refractivity contribution in [2.45, 2.75) is 26.2 Å². The quantitative estimate of drug-likeness (QED) is 0.597. The van der Waals surface area contributed by atoms with Gasteiger partial charge in [-0.05, 0) is 6.42 Å². The Kier molecular flexibility index (Phi) is 2.10. The molecule has 0 spiro atoms. The molecule has 0 amide bonds. The van der Waals surface area contributed by atoms with Crippen molar-refractivity contribution in [2.24, 2.45) is 7.05 Å². The lowest BCUT2D eigenvalue weighted by molar-refractivity contribution is -0.679. The average Bonchev–Trinajstić information content (AvgIpc) is 2.34. The summed E-state index contributed by atoms with van der Waals surface area (Å²) in [4.78, 5) is 3.22. The van der Waals surface area contributed by atoms with Crippen molar-refractivity contribution in [3.63, 3.8) is 0 Å². The molecule has 0 fully saturated rings. The molecule has 1 N–H and O–H groups in total. The molecule has 56 valence electrons. The predicted octanol–water partition coefficient (Wildman–Crippen LogP) is 1.35. The molecular formula is C8H15N2+. The van der Waals surface area contributed by atoms with Crippen LogP contribution in [0.4, 0.5) is 0 Å². The highest BCUT2D eigenvalue weighted by atomic mass is 15.0. The SMILES string of the molecule is CCC(C)c1[nH]cc[n+]1C. The Hall–Kier alpha value is -0.790. The third-order valence-electron chi connectivity index (χ3n) is 1.99. The van der Waals surface area contributed by atoms with Crippen molar-refractivity contribution < 1.29 is 4.57 Å². The fraction of sp³-hybridized carbons (Fsp3) is 0.625. The second-order valence-electron chi connectivity index (χ2n) is 2.77. The molecule has 0 aliphatic heterocycles. The average molecular weight is 139 g/mol. The third-order valence-corrected chi connectivity index (χ3v) is 1.99. The number of nitrogens with zero attached hydrogens (tertiary/aromatic N) is 1. The molecule has 1 heterocycles. The van der Waals surface area contributed by atoms with Gasteiger partial charge in [0.1, 0.15) is 12.4 Å². The van der Waals surface area contributed by atoms with Crippen LogP contribution in [0.15, 0.2) is 12.4 Å². The lowest BCUT2D eigenvalue weighted by Crippen LogP contribution is -2.31. The fourth-order valence-corrected chi connectivity index (χ4v) is 1.10. The van der Waals surface area contributed by atoms with E-state index in [1.54, 1.807) is 0 Å². The zero-order valence-corrected chi connectivity index (χ0v) is 6.89. The fourth-order valence-electron chi connectivity index (χ4n) is 1.10. The standard InChI is InChI=1S/C8H14N2/c1-4-7(2)8-9-5-6-10(8)3/h5-7H,4H2,1-3H3/p+1. The molecule has 10 heavy (non-hydrogen) atoms. The summed E-state index contributed by atoms with van der Waals surface area (Å²) in [5.41, 5.74) is 0. The molecule has 1 aromatic heterocycles. The molecule has 1 aromatic rings. The molecule has 0 aromatic carbocycles. The van der Waals surface area contributed by atoms with Crippen molar-refractivity contribution in [3.05, 3.63) is 18.2 Å². The van der Waals surface area contributed by atoms with E-state index in [1.807, 2.05) is 12.4 Å². The Balaban J connectivity index is 2.82. The minimum Gasteiger partial charge on any atom is -0.247 e. The molecule has 0 bridgehead atoms. The van der Waals surface area contributed by atoms with Gasteiger partial charge in [0.25, 0.3) is 5.82 Å². The summed E-state index contributed by atoms with van der Waals surface area (Å²) in [5.74, 6) is 1.95. The van der Waals surface area contributed by atoms with E-state index in [4.69, 9.17) is 0 Å². The molecular weight excluding hydrogens is 124 g/mol. The first-order valence-corrected chi connectivity index (χ1v) is 3.78. The van der Waals surface area contributed by atoms with Crippen LogP contribution in [0.3, 0.4) is 0 Å². The summed E-state index contributed by atoms with van der Waals surface area (Å²) in [5, 5.41) is 0. The van der Waals surface area contributed by atoms with Gasteiger partial charge in [-0.25, -0.2) is 9.55 Å². The van der Waals surface area contributed by atoms with Gasteiger partial charge in [-0.3, -0.25) is 0 Å². The van der Waals surface area contributed by atoms with Gasteiger partial charge in [-0.2, -0.15) is 0 Å². The van der Waals surface area contributed by atoms with E-state index >= 15 is 0 Å². The number of nitrogens with one attached hydrogen (secondary N) is 1. The van der Waals surface area contributed by atoms with Crippen molar-refractivity contribution in [3.8, 4) is 0 Å². The number of H-pyrrole nitrogens is 1. The summed E-state index contributed by atoms with van der Waals surface area (Å²) < 4.78 is 2.13. The molecule has 0 radical (unpaired) electrons. The van der Waals surface area contributed by atoms with E-state index in [0.29, 0.717) is 5.92 Å². The number of imidazole rings is 1. The first-order chi connectivity index (χ1) is 4.75. The van der Waals surface area contributed by atoms with Crippen LogP contribution in [0, 0.1) is 0 Å². The second-order valence-corrected chi connectivity index (χ2v) is 2.77. The minimum atomic E-state index is 0.639. The van der Waals surface area contributed by atoms with Crippen LogP contribution in [0.2, 0.25) is 0 Å². The normalized spacial score (nSPS) is 13.5. The van der Waals surface area contributed by atoms with Crippen molar-refractivity contribution in [2.75, 3.05) is 0 Å². The van der Waals surface area contributed by atoms with Crippen LogP contribution in [0.5, 0.6) is 0 Å². The zero-order valence-electron chi connectivity index (χ0n) is 6.89. The van der Waals surface area contributed by atoms with Crippen molar-refractivity contribution in [1.82, 2.24) is 4.98 Å². The Labute approximate surface area is 61.9 Å². The maximum atomic E-state index is 3.22. The van der Waals surface area contributed by atoms with E-state index in [0.717, 1.165) is 0 Å². The summed E-state index contributed by atoms with van der Waals surface area (Å²) in [6.07, 6.45) is 5.21. The van der Waals surface area contributed by atoms with Crippen LogP contribution in [-0.4, -0.2) is 4.98 Å². The van der Waals surface area contributed by atoms with E-state index in [2.05, 4.69) is 30.4 Å². The lowest BCUT2D eigenvalue weighted by Gasteiger charge is -2.00. The Morgan fingerprint density at radius 1 is 1.70 bits per heavy atom. The maximum Gasteiger partial charge on any atom is 0.256 e. The molecule has 2 nitrogen and oxygen atoms in total. The van der Waals surface area contributed by atoms with Crippen LogP contribution in [0.1, 0.15) is 32.0 Å². The smallest absolute Gasteiger partial charge is 0.247 e. The molecule has 1 rings (SSSR count). The van der Waals surface area contributed by atoms with Gasteiger partial charge in [0, 0.05) is 0 Å². The second kappa shape index (κ2) is 2.86. The van der Waals surface area contributed by atoms with Crippen LogP contribution in [-0.2, 0) is 7.05 Å². The molecule has 1 unspecified atom stereocenters. The number of hydrogen-bond donors (Lipinski definition) is 1. The highest BCUT2D eigenvalue weighted by Crippen LogP contribution is 2.10. The van der Waals surface area contributed by atoms with E-state index < -0.39 is 0 Å². The number of rotatable bonds is 2. The van der Waals surface area contributed by atoms with Gasteiger partial charge < -0.3 is 0 Å². The Morgan fingerprint density at radius 3 is 2.80 bits per heavy atom. The van der Waals surface area contributed by atoms with Crippen LogP contribution in [0.25, 0.3) is 0 Å². The van der Waals surface area contributed by atoms with Gasteiger partial charge in [-0.15, -0.1) is 0 Å². The third kappa shape index (κ3) is 1.20. The number of aromatic nitrogens is 2. The Bertz CT molecular complexity index is 203. The first-order valence-electron chi connectivity index (χ1n) is 3.78. The maximum absolute atomic E-state index is 3.22. The Morgan fingerprint density at radius 2 is 2.40 bits per heavy atom. The van der Waals surface area contributed by atoms with Crippen LogP contribution >= 0.6 is 0 Å². The van der Waals surface area contributed by atoms with E-state index in [-0.39, 0.29) is 0 Å². The van der Waals surface area contributed by atoms with E-state index in [1.165, 1.54) is 12.2 Å². The number of hydrogen-bond acceptors (Lipinski definition) is 0. The van der Waals surface area contributed by atoms with Crippen molar-refractivity contribution in [1.29, 1.82) is 0 Å². The molecule has 0 aliphatic carbocycles. The van der Waals surface area contributed by atoms with Gasteiger partial charge in [0.05, 0.1) is 13.0 Å². The van der Waals surface area contributed by atoms with Gasteiger partial charge in [-0.1, -0.05) is 13.8 Å².